The molecule has 32 heavy (non-hydrogen) atoms. The molecule has 4 rings (SSSR count). The monoisotopic (exact) mass is 448 g/mol. The van der Waals surface area contributed by atoms with E-state index < -0.39 is 5.82 Å². The van der Waals surface area contributed by atoms with E-state index in [1.807, 2.05) is 31.2 Å². The molecule has 0 saturated carbocycles. The van der Waals surface area contributed by atoms with Crippen molar-refractivity contribution in [2.24, 2.45) is 0 Å². The van der Waals surface area contributed by atoms with Crippen LogP contribution < -0.4 is 10.1 Å². The minimum atomic E-state index is -0.398. The summed E-state index contributed by atoms with van der Waals surface area (Å²) in [6, 6.07) is 20.8. The molecule has 0 spiro atoms. The molecule has 1 heterocycles. The Kier molecular flexibility index (Phi) is 6.42. The first-order chi connectivity index (χ1) is 15.5. The molecule has 0 aliphatic carbocycles. The maximum atomic E-state index is 13.5. The van der Waals surface area contributed by atoms with Crippen molar-refractivity contribution < 1.29 is 13.9 Å². The van der Waals surface area contributed by atoms with Gasteiger partial charge in [-0.3, -0.25) is 14.5 Å². The first-order valence-electron chi connectivity index (χ1n) is 10.0. The lowest BCUT2D eigenvalue weighted by Gasteiger charge is -2.13. The van der Waals surface area contributed by atoms with Crippen molar-refractivity contribution >= 4 is 23.8 Å². The lowest BCUT2D eigenvalue weighted by molar-refractivity contribution is -0.116. The number of benzene rings is 3. The normalized spacial score (nSPS) is 10.7. The van der Waals surface area contributed by atoms with Crippen LogP contribution in [-0.2, 0) is 11.3 Å². The van der Waals surface area contributed by atoms with Crippen LogP contribution in [0, 0.1) is 17.5 Å². The quantitative estimate of drug-likeness (QED) is 0.347. The number of amides is 1. The number of ether oxygens (including phenoxy) is 1. The van der Waals surface area contributed by atoms with Crippen molar-refractivity contribution in [2.45, 2.75) is 19.9 Å². The van der Waals surface area contributed by atoms with Gasteiger partial charge in [-0.2, -0.15) is 5.10 Å². The van der Waals surface area contributed by atoms with Crippen LogP contribution in [0.3, 0.4) is 0 Å². The van der Waals surface area contributed by atoms with E-state index in [4.69, 9.17) is 17.0 Å². The summed E-state index contributed by atoms with van der Waals surface area (Å²) in [6.45, 7) is 2.37. The predicted octanol–water partition coefficient (Wildman–Crippen LogP) is 5.88. The van der Waals surface area contributed by atoms with Gasteiger partial charge in [0, 0.05) is 24.6 Å². The lowest BCUT2D eigenvalue weighted by atomic mass is 10.1. The maximum Gasteiger partial charge on any atom is 0.226 e. The van der Waals surface area contributed by atoms with Crippen LogP contribution in [0.15, 0.2) is 72.8 Å². The molecule has 3 aromatic carbocycles. The topological polar surface area (TPSA) is 71.9 Å². The SMILES string of the molecule is Cc1ccc(-c2n[nH]c(=S)n2CCC(=O)Nc2ccccc2Oc2cccc(F)c2)cc1. The molecule has 0 fully saturated rings. The van der Waals surface area contributed by atoms with Gasteiger partial charge in [-0.25, -0.2) is 4.39 Å². The molecule has 0 aliphatic heterocycles. The average molecular weight is 449 g/mol. The number of H-pyrrole nitrogens is 1. The lowest BCUT2D eigenvalue weighted by Crippen LogP contribution is -2.15. The third kappa shape index (κ3) is 5.09. The summed E-state index contributed by atoms with van der Waals surface area (Å²) in [5.41, 5.74) is 2.56. The van der Waals surface area contributed by atoms with E-state index in [9.17, 15) is 9.18 Å². The van der Waals surface area contributed by atoms with Crippen molar-refractivity contribution in [3.05, 3.63) is 88.9 Å². The van der Waals surface area contributed by atoms with Crippen LogP contribution in [0.25, 0.3) is 11.4 Å². The molecule has 0 aliphatic rings. The molecule has 0 radical (unpaired) electrons. The minimum Gasteiger partial charge on any atom is -0.455 e. The smallest absolute Gasteiger partial charge is 0.226 e. The second-order valence-corrected chi connectivity index (χ2v) is 7.61. The summed E-state index contributed by atoms with van der Waals surface area (Å²) < 4.78 is 21.5. The van der Waals surface area contributed by atoms with Gasteiger partial charge in [0.15, 0.2) is 16.3 Å². The van der Waals surface area contributed by atoms with E-state index in [0.29, 0.717) is 34.3 Å². The number of carbonyl (C=O) groups is 1. The highest BCUT2D eigenvalue weighted by Crippen LogP contribution is 2.29. The number of carbonyl (C=O) groups excluding carboxylic acids is 1. The third-order valence-corrected chi connectivity index (χ3v) is 5.13. The summed E-state index contributed by atoms with van der Waals surface area (Å²) in [7, 11) is 0. The van der Waals surface area contributed by atoms with Crippen molar-refractivity contribution in [3.8, 4) is 22.9 Å². The van der Waals surface area contributed by atoms with Gasteiger partial charge in [-0.05, 0) is 43.4 Å². The van der Waals surface area contributed by atoms with Crippen LogP contribution in [0.1, 0.15) is 12.0 Å². The number of hydrogen-bond donors (Lipinski definition) is 2. The average Bonchev–Trinajstić information content (AvgIpc) is 3.14. The number of para-hydroxylation sites is 2. The Bertz CT molecular complexity index is 1300. The second kappa shape index (κ2) is 9.57. The number of halogens is 1. The Morgan fingerprint density at radius 3 is 2.69 bits per heavy atom. The van der Waals surface area contributed by atoms with E-state index in [1.54, 1.807) is 41.0 Å². The third-order valence-electron chi connectivity index (χ3n) is 4.82. The van der Waals surface area contributed by atoms with E-state index in [1.165, 1.54) is 12.1 Å². The summed E-state index contributed by atoms with van der Waals surface area (Å²) in [5.74, 6) is 0.840. The van der Waals surface area contributed by atoms with Gasteiger partial charge < -0.3 is 10.1 Å². The van der Waals surface area contributed by atoms with E-state index in [2.05, 4.69) is 15.5 Å². The highest BCUT2D eigenvalue weighted by atomic mass is 32.1. The highest BCUT2D eigenvalue weighted by molar-refractivity contribution is 7.71. The summed E-state index contributed by atoms with van der Waals surface area (Å²) >= 11 is 5.35. The van der Waals surface area contributed by atoms with E-state index in [0.717, 1.165) is 11.1 Å². The Labute approximate surface area is 189 Å². The fourth-order valence-electron chi connectivity index (χ4n) is 3.19. The standard InChI is InChI=1S/C24H21FN4O2S/c1-16-9-11-17(12-10-16)23-27-28-24(32)29(23)14-13-22(30)26-20-7-2-3-8-21(20)31-19-6-4-5-18(25)15-19/h2-12,15H,13-14H2,1H3,(H,26,30)(H,28,32). The molecule has 162 valence electrons. The number of nitrogens with zero attached hydrogens (tertiary/aromatic N) is 2. The van der Waals surface area contributed by atoms with Gasteiger partial charge in [-0.1, -0.05) is 48.0 Å². The van der Waals surface area contributed by atoms with Crippen molar-refractivity contribution in [1.82, 2.24) is 14.8 Å². The number of aromatic amines is 1. The van der Waals surface area contributed by atoms with Gasteiger partial charge in [0.2, 0.25) is 5.91 Å². The fourth-order valence-corrected chi connectivity index (χ4v) is 3.41. The largest absolute Gasteiger partial charge is 0.455 e. The Morgan fingerprint density at radius 2 is 1.91 bits per heavy atom. The molecule has 8 heteroatoms. The molecule has 6 nitrogen and oxygen atoms in total. The number of rotatable bonds is 7. The van der Waals surface area contributed by atoms with Gasteiger partial charge in [0.25, 0.3) is 0 Å². The van der Waals surface area contributed by atoms with Crippen LogP contribution in [0.4, 0.5) is 10.1 Å². The molecule has 0 unspecified atom stereocenters. The first-order valence-corrected chi connectivity index (χ1v) is 10.4. The van der Waals surface area contributed by atoms with Crippen molar-refractivity contribution in [3.63, 3.8) is 0 Å². The first kappa shape index (κ1) is 21.5. The van der Waals surface area contributed by atoms with E-state index in [-0.39, 0.29) is 12.3 Å². The second-order valence-electron chi connectivity index (χ2n) is 7.22. The molecular formula is C24H21FN4O2S. The number of aryl methyl sites for hydroxylation is 1. The zero-order valence-electron chi connectivity index (χ0n) is 17.3. The van der Waals surface area contributed by atoms with Crippen LogP contribution in [-0.4, -0.2) is 20.7 Å². The molecule has 0 atom stereocenters. The van der Waals surface area contributed by atoms with Gasteiger partial charge in [-0.15, -0.1) is 0 Å². The highest BCUT2D eigenvalue weighted by Gasteiger charge is 2.13. The van der Waals surface area contributed by atoms with E-state index >= 15 is 0 Å². The summed E-state index contributed by atoms with van der Waals surface area (Å²) in [6.07, 6.45) is 0.182. The minimum absolute atomic E-state index is 0.182. The molecule has 0 bridgehead atoms. The van der Waals surface area contributed by atoms with Crippen LogP contribution in [0.5, 0.6) is 11.5 Å². The Morgan fingerprint density at radius 1 is 1.12 bits per heavy atom. The molecule has 1 amide bonds. The number of anilines is 1. The Hall–Kier alpha value is -3.78. The van der Waals surface area contributed by atoms with Gasteiger partial charge in [0.1, 0.15) is 11.6 Å². The molecule has 4 aromatic rings. The van der Waals surface area contributed by atoms with Gasteiger partial charge in [0.05, 0.1) is 5.69 Å². The molecule has 2 N–H and O–H groups in total. The number of aromatic nitrogens is 3. The van der Waals surface area contributed by atoms with Crippen LogP contribution in [0.2, 0.25) is 0 Å². The predicted molar refractivity (Wildman–Crippen MR) is 124 cm³/mol. The molecule has 1 aromatic heterocycles. The van der Waals surface area contributed by atoms with Crippen molar-refractivity contribution in [2.75, 3.05) is 5.32 Å². The van der Waals surface area contributed by atoms with Crippen LogP contribution >= 0.6 is 12.2 Å². The Balaban J connectivity index is 1.45. The number of nitrogens with one attached hydrogen (secondary N) is 2. The molecule has 0 saturated heterocycles. The zero-order chi connectivity index (χ0) is 22.5. The maximum absolute atomic E-state index is 13.5. The fraction of sp³-hybridized carbons (Fsp3) is 0.125. The van der Waals surface area contributed by atoms with Gasteiger partial charge >= 0.3 is 0 Å². The number of hydrogen-bond acceptors (Lipinski definition) is 4. The summed E-state index contributed by atoms with van der Waals surface area (Å²) in [5, 5.41) is 9.97. The summed E-state index contributed by atoms with van der Waals surface area (Å²) in [4.78, 5) is 12.7. The van der Waals surface area contributed by atoms with Crippen molar-refractivity contribution in [1.29, 1.82) is 0 Å². The zero-order valence-corrected chi connectivity index (χ0v) is 18.2. The molecular weight excluding hydrogens is 427 g/mol.